The summed E-state index contributed by atoms with van der Waals surface area (Å²) in [5.74, 6) is -1.11. The van der Waals surface area contributed by atoms with Gasteiger partial charge in [0.05, 0.1) is 5.56 Å². The number of aryl methyl sites for hydroxylation is 1. The number of aromatic nitrogens is 2. The lowest BCUT2D eigenvalue weighted by Gasteiger charge is -2.14. The minimum Gasteiger partial charge on any atom is -0.480 e. The molecule has 206 valence electrons. The van der Waals surface area contributed by atoms with Gasteiger partial charge in [0.25, 0.3) is 11.8 Å². The second-order valence-electron chi connectivity index (χ2n) is 10.2. The van der Waals surface area contributed by atoms with Crippen molar-refractivity contribution >= 4 is 11.9 Å². The first kappa shape index (κ1) is 26.2. The van der Waals surface area contributed by atoms with E-state index in [1.54, 1.807) is 12.1 Å². The van der Waals surface area contributed by atoms with Crippen LogP contribution in [0.3, 0.4) is 0 Å². The lowest BCUT2D eigenvalue weighted by Crippen LogP contribution is -2.42. The van der Waals surface area contributed by atoms with Crippen molar-refractivity contribution in [3.63, 3.8) is 0 Å². The first-order valence-corrected chi connectivity index (χ1v) is 13.3. The standard InChI is InChI=1S/C32H26FN3O5/c1-18-2-5-23(6-3-18)31-35-29(36-41-31)24-13-4-19(16-25(24)33)17-26(32(38)39)34-30(37)28-15-14-27(40-28)22-11-9-21(10-12-22)20-7-8-20/h2-6,9-16,20,26H,7-8,17H2,1H3,(H,34,37)(H,38,39)/t26-/m1/s1. The summed E-state index contributed by atoms with van der Waals surface area (Å²) in [5.41, 5.74) is 4.38. The molecule has 0 spiro atoms. The number of nitrogens with one attached hydrogen (secondary N) is 1. The number of rotatable bonds is 9. The van der Waals surface area contributed by atoms with E-state index in [1.807, 2.05) is 43.3 Å². The van der Waals surface area contributed by atoms with Gasteiger partial charge in [0.2, 0.25) is 5.82 Å². The van der Waals surface area contributed by atoms with Crippen LogP contribution in [-0.2, 0) is 11.2 Å². The zero-order chi connectivity index (χ0) is 28.5. The summed E-state index contributed by atoms with van der Waals surface area (Å²) in [6, 6.07) is 21.6. The molecule has 1 atom stereocenters. The minimum absolute atomic E-state index is 0.0134. The number of amides is 1. The number of carbonyl (C=O) groups excluding carboxylic acids is 1. The van der Waals surface area contributed by atoms with Crippen molar-refractivity contribution in [2.45, 2.75) is 38.1 Å². The van der Waals surface area contributed by atoms with Crippen LogP contribution < -0.4 is 5.32 Å². The quantitative estimate of drug-likeness (QED) is 0.217. The molecule has 0 unspecified atom stereocenters. The van der Waals surface area contributed by atoms with Gasteiger partial charge in [-0.2, -0.15) is 4.98 Å². The summed E-state index contributed by atoms with van der Waals surface area (Å²) >= 11 is 0. The average molecular weight is 552 g/mol. The largest absolute Gasteiger partial charge is 0.480 e. The lowest BCUT2D eigenvalue weighted by molar-refractivity contribution is -0.139. The van der Waals surface area contributed by atoms with Crippen LogP contribution in [0.25, 0.3) is 34.2 Å². The molecule has 41 heavy (non-hydrogen) atoms. The van der Waals surface area contributed by atoms with E-state index in [2.05, 4.69) is 27.6 Å². The topological polar surface area (TPSA) is 118 Å². The highest BCUT2D eigenvalue weighted by Gasteiger charge is 2.25. The molecule has 0 aliphatic heterocycles. The predicted molar refractivity (Wildman–Crippen MR) is 149 cm³/mol. The van der Waals surface area contributed by atoms with Crippen molar-refractivity contribution in [3.05, 3.63) is 107 Å². The fraction of sp³-hybridized carbons (Fsp3) is 0.188. The molecule has 3 aromatic carbocycles. The van der Waals surface area contributed by atoms with Gasteiger partial charge in [0, 0.05) is 17.5 Å². The highest BCUT2D eigenvalue weighted by Crippen LogP contribution is 2.40. The van der Waals surface area contributed by atoms with Crippen molar-refractivity contribution < 1.29 is 28.0 Å². The maximum absolute atomic E-state index is 15.0. The summed E-state index contributed by atoms with van der Waals surface area (Å²) in [4.78, 5) is 29.1. The SMILES string of the molecule is Cc1ccc(-c2nc(-c3ccc(C[C@@H](NC(=O)c4ccc(-c5ccc(C6CC6)cc5)o4)C(=O)O)cc3F)no2)cc1. The van der Waals surface area contributed by atoms with Gasteiger partial charge in [-0.25, -0.2) is 9.18 Å². The zero-order valence-electron chi connectivity index (χ0n) is 22.1. The molecular formula is C32H26FN3O5. The Morgan fingerprint density at radius 1 is 1.00 bits per heavy atom. The molecule has 2 heterocycles. The number of furan rings is 1. The van der Waals surface area contributed by atoms with Crippen LogP contribution in [0.5, 0.6) is 0 Å². The number of halogens is 1. The molecule has 0 bridgehead atoms. The Bertz CT molecular complexity index is 1720. The van der Waals surface area contributed by atoms with E-state index in [0.717, 1.165) is 11.1 Å². The van der Waals surface area contributed by atoms with Gasteiger partial charge >= 0.3 is 5.97 Å². The maximum Gasteiger partial charge on any atom is 0.326 e. The molecule has 9 heteroatoms. The number of carboxylic acid groups (broad SMARTS) is 1. The fourth-order valence-corrected chi connectivity index (χ4v) is 4.63. The molecule has 1 aliphatic rings. The van der Waals surface area contributed by atoms with Gasteiger partial charge in [-0.3, -0.25) is 4.79 Å². The van der Waals surface area contributed by atoms with Crippen molar-refractivity contribution in [1.29, 1.82) is 0 Å². The normalized spacial score (nSPS) is 13.6. The van der Waals surface area contributed by atoms with E-state index in [1.165, 1.54) is 36.6 Å². The third-order valence-electron chi connectivity index (χ3n) is 7.12. The number of aliphatic carboxylic acids is 1. The van der Waals surface area contributed by atoms with Gasteiger partial charge < -0.3 is 19.4 Å². The molecule has 8 nitrogen and oxygen atoms in total. The molecule has 1 saturated carbocycles. The third-order valence-corrected chi connectivity index (χ3v) is 7.12. The van der Waals surface area contributed by atoms with E-state index in [4.69, 9.17) is 8.94 Å². The first-order chi connectivity index (χ1) is 19.8. The molecule has 5 aromatic rings. The van der Waals surface area contributed by atoms with E-state index >= 15 is 4.39 Å². The number of carbonyl (C=O) groups is 2. The Hall–Kier alpha value is -5.05. The summed E-state index contributed by atoms with van der Waals surface area (Å²) < 4.78 is 26.1. The van der Waals surface area contributed by atoms with Crippen LogP contribution in [0, 0.1) is 12.7 Å². The van der Waals surface area contributed by atoms with Crippen molar-refractivity contribution in [1.82, 2.24) is 15.5 Å². The van der Waals surface area contributed by atoms with Gasteiger partial charge in [-0.1, -0.05) is 53.2 Å². The van der Waals surface area contributed by atoms with Gasteiger partial charge in [-0.15, -0.1) is 0 Å². The van der Waals surface area contributed by atoms with Crippen LogP contribution in [0.4, 0.5) is 4.39 Å². The molecular weight excluding hydrogens is 525 g/mol. The zero-order valence-corrected chi connectivity index (χ0v) is 22.1. The molecule has 1 fully saturated rings. The van der Waals surface area contributed by atoms with Crippen molar-refractivity contribution in [3.8, 4) is 34.2 Å². The van der Waals surface area contributed by atoms with Crippen LogP contribution in [0.15, 0.2) is 87.8 Å². The monoisotopic (exact) mass is 551 g/mol. The van der Waals surface area contributed by atoms with E-state index in [0.29, 0.717) is 22.8 Å². The fourth-order valence-electron chi connectivity index (χ4n) is 4.63. The molecule has 0 saturated heterocycles. The highest BCUT2D eigenvalue weighted by atomic mass is 19.1. The van der Waals surface area contributed by atoms with Crippen molar-refractivity contribution in [2.75, 3.05) is 0 Å². The summed E-state index contributed by atoms with van der Waals surface area (Å²) in [5, 5.41) is 16.1. The van der Waals surface area contributed by atoms with Crippen LogP contribution in [0.1, 0.15) is 46.0 Å². The Morgan fingerprint density at radius 2 is 1.73 bits per heavy atom. The smallest absolute Gasteiger partial charge is 0.326 e. The average Bonchev–Trinajstić information content (AvgIpc) is 3.49. The van der Waals surface area contributed by atoms with E-state index in [-0.39, 0.29) is 29.5 Å². The molecule has 2 aromatic heterocycles. The molecule has 1 amide bonds. The second kappa shape index (κ2) is 10.8. The van der Waals surface area contributed by atoms with Crippen LogP contribution >= 0.6 is 0 Å². The maximum atomic E-state index is 15.0. The van der Waals surface area contributed by atoms with Gasteiger partial charge in [0.1, 0.15) is 17.6 Å². The van der Waals surface area contributed by atoms with Crippen LogP contribution in [0.2, 0.25) is 0 Å². The van der Waals surface area contributed by atoms with Gasteiger partial charge in [-0.05, 0) is 73.2 Å². The Labute approximate surface area is 234 Å². The highest BCUT2D eigenvalue weighted by molar-refractivity contribution is 5.94. The summed E-state index contributed by atoms with van der Waals surface area (Å²) in [7, 11) is 0. The number of benzene rings is 3. The predicted octanol–water partition coefficient (Wildman–Crippen LogP) is 6.41. The summed E-state index contributed by atoms with van der Waals surface area (Å²) in [6.45, 7) is 1.96. The number of hydrogen-bond acceptors (Lipinski definition) is 6. The lowest BCUT2D eigenvalue weighted by atomic mass is 10.0. The third kappa shape index (κ3) is 5.79. The summed E-state index contributed by atoms with van der Waals surface area (Å²) in [6.07, 6.45) is 2.27. The van der Waals surface area contributed by atoms with Gasteiger partial charge in [0.15, 0.2) is 5.76 Å². The number of nitrogens with zero attached hydrogens (tertiary/aromatic N) is 2. The number of carboxylic acids is 1. The Kier molecular flexibility index (Phi) is 6.93. The molecule has 2 N–H and O–H groups in total. The molecule has 6 rings (SSSR count). The van der Waals surface area contributed by atoms with Crippen molar-refractivity contribution in [2.24, 2.45) is 0 Å². The molecule has 0 radical (unpaired) electrons. The Morgan fingerprint density at radius 3 is 2.41 bits per heavy atom. The molecule has 1 aliphatic carbocycles. The van der Waals surface area contributed by atoms with E-state index in [9.17, 15) is 14.7 Å². The number of hydrogen-bond donors (Lipinski definition) is 2. The van der Waals surface area contributed by atoms with Crippen LogP contribution in [-0.4, -0.2) is 33.2 Å². The first-order valence-electron chi connectivity index (χ1n) is 13.3. The Balaban J connectivity index is 1.13. The minimum atomic E-state index is -1.31. The van der Waals surface area contributed by atoms with E-state index < -0.39 is 23.7 Å². The second-order valence-corrected chi connectivity index (χ2v) is 10.2.